The van der Waals surface area contributed by atoms with Crippen molar-refractivity contribution in [2.24, 2.45) is 4.99 Å². The van der Waals surface area contributed by atoms with E-state index in [9.17, 15) is 8.42 Å². The van der Waals surface area contributed by atoms with Gasteiger partial charge in [0.25, 0.3) is 0 Å². The number of benzene rings is 1. The van der Waals surface area contributed by atoms with Crippen molar-refractivity contribution in [2.45, 2.75) is 49.6 Å². The van der Waals surface area contributed by atoms with Gasteiger partial charge in [-0.3, -0.25) is 9.89 Å². The van der Waals surface area contributed by atoms with Gasteiger partial charge in [-0.1, -0.05) is 30.3 Å². The molecule has 2 heterocycles. The SMILES string of the molecule is CN=C(NCC1(S(C)(=O)=O)CCOCC1)NC1CC(C)N(Cc2ccccc2)C1. The Morgan fingerprint density at radius 3 is 2.59 bits per heavy atom. The van der Waals surface area contributed by atoms with E-state index in [1.54, 1.807) is 7.05 Å². The Hall–Kier alpha value is -1.64. The molecule has 0 aliphatic carbocycles. The molecule has 2 aliphatic heterocycles. The highest BCUT2D eigenvalue weighted by Gasteiger charge is 2.42. The molecular formula is C21H34N4O3S. The second-order valence-electron chi connectivity index (χ2n) is 8.33. The molecule has 0 amide bonds. The Kier molecular flexibility index (Phi) is 7.19. The van der Waals surface area contributed by atoms with Crippen molar-refractivity contribution < 1.29 is 13.2 Å². The number of rotatable bonds is 6. The van der Waals surface area contributed by atoms with Crippen LogP contribution in [-0.4, -0.2) is 75.7 Å². The van der Waals surface area contributed by atoms with E-state index >= 15 is 0 Å². The Bertz CT molecular complexity index is 791. The maximum absolute atomic E-state index is 12.5. The molecule has 0 saturated carbocycles. The average molecular weight is 423 g/mol. The van der Waals surface area contributed by atoms with Crippen LogP contribution >= 0.6 is 0 Å². The maximum Gasteiger partial charge on any atom is 0.191 e. The predicted octanol–water partition coefficient (Wildman–Crippen LogP) is 1.41. The summed E-state index contributed by atoms with van der Waals surface area (Å²) >= 11 is 0. The van der Waals surface area contributed by atoms with Crippen LogP contribution in [0, 0.1) is 0 Å². The fraction of sp³-hybridized carbons (Fsp3) is 0.667. The van der Waals surface area contributed by atoms with Crippen molar-refractivity contribution in [2.75, 3.05) is 39.6 Å². The summed E-state index contributed by atoms with van der Waals surface area (Å²) in [7, 11) is -1.48. The number of ether oxygens (including phenoxy) is 1. The summed E-state index contributed by atoms with van der Waals surface area (Å²) in [5.74, 6) is 0.665. The second-order valence-corrected chi connectivity index (χ2v) is 10.7. The standard InChI is InChI=1S/C21H34N4O3S/c1-17-13-19(15-25(17)14-18-7-5-4-6-8-18)24-20(22-2)23-16-21(29(3,26)27)9-11-28-12-10-21/h4-8,17,19H,9-16H2,1-3H3,(H2,22,23,24). The van der Waals surface area contributed by atoms with Gasteiger partial charge in [-0.25, -0.2) is 8.42 Å². The summed E-state index contributed by atoms with van der Waals surface area (Å²) in [5.41, 5.74) is 1.32. The van der Waals surface area contributed by atoms with Gasteiger partial charge in [-0.05, 0) is 31.7 Å². The average Bonchev–Trinajstić information content (AvgIpc) is 3.04. The van der Waals surface area contributed by atoms with E-state index in [2.05, 4.69) is 51.7 Å². The highest BCUT2D eigenvalue weighted by Crippen LogP contribution is 2.28. The first-order chi connectivity index (χ1) is 13.8. The number of likely N-dealkylation sites (tertiary alicyclic amines) is 1. The summed E-state index contributed by atoms with van der Waals surface area (Å²) < 4.78 is 29.5. The van der Waals surface area contributed by atoms with E-state index in [0.717, 1.165) is 19.5 Å². The van der Waals surface area contributed by atoms with Gasteiger partial charge in [0.1, 0.15) is 0 Å². The number of nitrogens with zero attached hydrogens (tertiary/aromatic N) is 2. The van der Waals surface area contributed by atoms with Gasteiger partial charge >= 0.3 is 0 Å². The van der Waals surface area contributed by atoms with Gasteiger partial charge in [-0.15, -0.1) is 0 Å². The molecule has 2 N–H and O–H groups in total. The van der Waals surface area contributed by atoms with Gasteiger partial charge in [-0.2, -0.15) is 0 Å². The van der Waals surface area contributed by atoms with E-state index in [1.807, 2.05) is 6.07 Å². The third-order valence-corrected chi connectivity index (χ3v) is 8.39. The van der Waals surface area contributed by atoms with Crippen LogP contribution in [0.1, 0.15) is 31.7 Å². The molecule has 2 aliphatic rings. The Labute approximate surface area is 174 Å². The van der Waals surface area contributed by atoms with Crippen molar-refractivity contribution >= 4 is 15.8 Å². The van der Waals surface area contributed by atoms with Gasteiger partial charge in [0.05, 0.1) is 4.75 Å². The number of aliphatic imine (C=N–C) groups is 1. The molecule has 1 aromatic carbocycles. The largest absolute Gasteiger partial charge is 0.381 e. The van der Waals surface area contributed by atoms with Crippen molar-refractivity contribution in [3.05, 3.63) is 35.9 Å². The first-order valence-corrected chi connectivity index (χ1v) is 12.2. The monoisotopic (exact) mass is 422 g/mol. The molecule has 2 atom stereocenters. The van der Waals surface area contributed by atoms with Gasteiger partial charge in [0.2, 0.25) is 0 Å². The minimum Gasteiger partial charge on any atom is -0.381 e. The number of sulfone groups is 1. The zero-order chi connectivity index (χ0) is 20.9. The normalized spacial score (nSPS) is 25.7. The van der Waals surface area contributed by atoms with Crippen LogP contribution in [0.2, 0.25) is 0 Å². The highest BCUT2D eigenvalue weighted by molar-refractivity contribution is 7.92. The Morgan fingerprint density at radius 2 is 1.97 bits per heavy atom. The van der Waals surface area contributed by atoms with Crippen LogP contribution in [0.4, 0.5) is 0 Å². The van der Waals surface area contributed by atoms with Crippen molar-refractivity contribution in [3.63, 3.8) is 0 Å². The van der Waals surface area contributed by atoms with Crippen LogP contribution in [-0.2, 0) is 21.1 Å². The lowest BCUT2D eigenvalue weighted by Crippen LogP contribution is -2.54. The number of nitrogens with one attached hydrogen (secondary N) is 2. The fourth-order valence-corrected chi connectivity index (χ4v) is 5.54. The van der Waals surface area contributed by atoms with Crippen LogP contribution in [0.15, 0.2) is 35.3 Å². The van der Waals surface area contributed by atoms with Crippen LogP contribution in [0.3, 0.4) is 0 Å². The molecule has 2 fully saturated rings. The third kappa shape index (κ3) is 5.49. The van der Waals surface area contributed by atoms with Gasteiger partial charge < -0.3 is 15.4 Å². The number of guanidine groups is 1. The molecule has 0 aromatic heterocycles. The summed E-state index contributed by atoms with van der Waals surface area (Å²) in [6.07, 6.45) is 3.39. The van der Waals surface area contributed by atoms with Crippen molar-refractivity contribution in [3.8, 4) is 0 Å². The van der Waals surface area contributed by atoms with Crippen molar-refractivity contribution in [1.29, 1.82) is 0 Å². The van der Waals surface area contributed by atoms with Crippen LogP contribution in [0.25, 0.3) is 0 Å². The first-order valence-electron chi connectivity index (χ1n) is 10.4. The summed E-state index contributed by atoms with van der Waals surface area (Å²) in [5, 5.41) is 6.77. The molecule has 7 nitrogen and oxygen atoms in total. The van der Waals surface area contributed by atoms with Gasteiger partial charge in [0, 0.05) is 58.2 Å². The molecule has 8 heteroatoms. The Balaban J connectivity index is 1.56. The lowest BCUT2D eigenvalue weighted by molar-refractivity contribution is 0.0756. The molecule has 162 valence electrons. The minimum absolute atomic E-state index is 0.281. The summed E-state index contributed by atoms with van der Waals surface area (Å²) in [6.45, 7) is 5.43. The lowest BCUT2D eigenvalue weighted by Gasteiger charge is -2.36. The van der Waals surface area contributed by atoms with Crippen LogP contribution < -0.4 is 10.6 Å². The molecular weight excluding hydrogens is 388 g/mol. The van der Waals surface area contributed by atoms with E-state index in [0.29, 0.717) is 44.6 Å². The number of hydrogen-bond donors (Lipinski definition) is 2. The Morgan fingerprint density at radius 1 is 1.28 bits per heavy atom. The lowest BCUT2D eigenvalue weighted by atomic mass is 9.99. The van der Waals surface area contributed by atoms with E-state index in [1.165, 1.54) is 11.8 Å². The first kappa shape index (κ1) is 22.1. The maximum atomic E-state index is 12.5. The smallest absolute Gasteiger partial charge is 0.191 e. The van der Waals surface area contributed by atoms with Crippen molar-refractivity contribution in [1.82, 2.24) is 15.5 Å². The number of hydrogen-bond acceptors (Lipinski definition) is 5. The van der Waals surface area contributed by atoms with E-state index in [4.69, 9.17) is 4.74 Å². The molecule has 0 spiro atoms. The predicted molar refractivity (Wildman–Crippen MR) is 117 cm³/mol. The zero-order valence-corrected chi connectivity index (χ0v) is 18.5. The molecule has 2 saturated heterocycles. The highest BCUT2D eigenvalue weighted by atomic mass is 32.2. The topological polar surface area (TPSA) is 83.0 Å². The van der Waals surface area contributed by atoms with E-state index in [-0.39, 0.29) is 6.04 Å². The van der Waals surface area contributed by atoms with E-state index < -0.39 is 14.6 Å². The summed E-state index contributed by atoms with van der Waals surface area (Å²) in [6, 6.07) is 11.3. The zero-order valence-electron chi connectivity index (χ0n) is 17.7. The second kappa shape index (κ2) is 9.45. The molecule has 3 rings (SSSR count). The fourth-order valence-electron chi connectivity index (χ4n) is 4.30. The summed E-state index contributed by atoms with van der Waals surface area (Å²) in [4.78, 5) is 6.80. The van der Waals surface area contributed by atoms with Gasteiger partial charge in [0.15, 0.2) is 15.8 Å². The quantitative estimate of drug-likeness (QED) is 0.533. The molecule has 0 bridgehead atoms. The third-order valence-electron chi connectivity index (χ3n) is 6.27. The molecule has 29 heavy (non-hydrogen) atoms. The van der Waals surface area contributed by atoms with Crippen LogP contribution in [0.5, 0.6) is 0 Å². The molecule has 0 radical (unpaired) electrons. The molecule has 1 aromatic rings. The minimum atomic E-state index is -3.20. The molecule has 2 unspecified atom stereocenters.